The molecule has 1 heterocycles. The number of rotatable bonds is 2. The van der Waals surface area contributed by atoms with Crippen molar-refractivity contribution in [3.63, 3.8) is 0 Å². The molecule has 0 aromatic heterocycles. The van der Waals surface area contributed by atoms with Gasteiger partial charge in [0.1, 0.15) is 5.82 Å². The lowest BCUT2D eigenvalue weighted by Gasteiger charge is -2.13. The van der Waals surface area contributed by atoms with Gasteiger partial charge in [-0.05, 0) is 31.0 Å². The fourth-order valence-electron chi connectivity index (χ4n) is 2.17. The minimum atomic E-state index is -0.827. The highest BCUT2D eigenvalue weighted by molar-refractivity contribution is 9.10. The van der Waals surface area contributed by atoms with Gasteiger partial charge in [0.25, 0.3) is 0 Å². The Morgan fingerprint density at radius 3 is 2.88 bits per heavy atom. The normalized spacial score (nSPS) is 23.9. The second-order valence-electron chi connectivity index (χ2n) is 4.36. The topological polar surface area (TPSA) is 49.3 Å². The highest BCUT2D eigenvalue weighted by Gasteiger charge is 2.31. The summed E-state index contributed by atoms with van der Waals surface area (Å²) in [6.07, 6.45) is 0.433. The maximum Gasteiger partial charge on any atom is 0.307 e. The van der Waals surface area contributed by atoms with Crippen LogP contribution in [-0.4, -0.2) is 17.6 Å². The lowest BCUT2D eigenvalue weighted by Crippen LogP contribution is -2.17. The third-order valence-corrected chi connectivity index (χ3v) is 3.56. The zero-order valence-corrected chi connectivity index (χ0v) is 10.9. The van der Waals surface area contributed by atoms with Gasteiger partial charge in [-0.1, -0.05) is 15.9 Å². The number of carbonyl (C=O) groups is 1. The highest BCUT2D eigenvalue weighted by atomic mass is 79.9. The Labute approximate surface area is 107 Å². The van der Waals surface area contributed by atoms with Crippen molar-refractivity contribution in [3.8, 4) is 0 Å². The Hall–Kier alpha value is -0.940. The van der Waals surface area contributed by atoms with Gasteiger partial charge in [-0.15, -0.1) is 0 Å². The predicted molar refractivity (Wildman–Crippen MR) is 65.3 cm³/mol. The molecule has 2 rings (SSSR count). The maximum absolute atomic E-state index is 14.0. The maximum atomic E-state index is 14.0. The average Bonchev–Trinajstić information content (AvgIpc) is 2.72. The van der Waals surface area contributed by atoms with Crippen LogP contribution >= 0.6 is 15.9 Å². The summed E-state index contributed by atoms with van der Waals surface area (Å²) < 4.78 is 14.8. The Morgan fingerprint density at radius 2 is 2.29 bits per heavy atom. The van der Waals surface area contributed by atoms with Crippen LogP contribution in [0.1, 0.15) is 23.6 Å². The first-order valence-electron chi connectivity index (χ1n) is 5.40. The Kier molecular flexibility index (Phi) is 3.49. The van der Waals surface area contributed by atoms with Gasteiger partial charge >= 0.3 is 5.97 Å². The monoisotopic (exact) mass is 301 g/mol. The average molecular weight is 302 g/mol. The summed E-state index contributed by atoms with van der Waals surface area (Å²) in [6, 6.07) is 3.21. The number of nitrogens with one attached hydrogen (secondary N) is 1. The summed E-state index contributed by atoms with van der Waals surface area (Å²) in [7, 11) is 0. The molecule has 2 unspecified atom stereocenters. The third kappa shape index (κ3) is 2.50. The largest absolute Gasteiger partial charge is 0.481 e. The van der Waals surface area contributed by atoms with Crippen molar-refractivity contribution < 1.29 is 14.3 Å². The fourth-order valence-corrected chi connectivity index (χ4v) is 2.76. The molecule has 0 bridgehead atoms. The van der Waals surface area contributed by atoms with Crippen LogP contribution < -0.4 is 5.32 Å². The molecule has 1 fully saturated rings. The summed E-state index contributed by atoms with van der Waals surface area (Å²) >= 11 is 3.33. The number of carboxylic acid groups (broad SMARTS) is 1. The molecule has 1 aliphatic heterocycles. The van der Waals surface area contributed by atoms with E-state index in [2.05, 4.69) is 21.2 Å². The smallest absolute Gasteiger partial charge is 0.307 e. The molecule has 2 N–H and O–H groups in total. The number of hydrogen-bond donors (Lipinski definition) is 2. The van der Waals surface area contributed by atoms with Crippen molar-refractivity contribution in [2.45, 2.75) is 19.4 Å². The standard InChI is InChI=1S/C12H13BrFNO2/c1-6-2-8(13)4-9(11(6)14)10-3-7(5-15-10)12(16)17/h2,4,7,10,15H,3,5H2,1H3,(H,16,17). The molecule has 0 spiro atoms. The van der Waals surface area contributed by atoms with Crippen LogP contribution in [0.15, 0.2) is 16.6 Å². The van der Waals surface area contributed by atoms with Gasteiger partial charge in [-0.2, -0.15) is 0 Å². The van der Waals surface area contributed by atoms with Crippen molar-refractivity contribution in [1.29, 1.82) is 0 Å². The quantitative estimate of drug-likeness (QED) is 0.883. The molecular weight excluding hydrogens is 289 g/mol. The van der Waals surface area contributed by atoms with Crippen LogP contribution in [0.4, 0.5) is 4.39 Å². The second kappa shape index (κ2) is 4.74. The van der Waals surface area contributed by atoms with E-state index in [0.29, 0.717) is 24.1 Å². The molecule has 0 amide bonds. The van der Waals surface area contributed by atoms with Gasteiger partial charge in [0.05, 0.1) is 5.92 Å². The lowest BCUT2D eigenvalue weighted by molar-refractivity contribution is -0.141. The molecule has 2 atom stereocenters. The van der Waals surface area contributed by atoms with Crippen molar-refractivity contribution in [3.05, 3.63) is 33.5 Å². The number of halogens is 2. The van der Waals surface area contributed by atoms with Crippen LogP contribution in [0.5, 0.6) is 0 Å². The third-order valence-electron chi connectivity index (χ3n) is 3.10. The van der Waals surface area contributed by atoms with Crippen LogP contribution in [0, 0.1) is 18.7 Å². The second-order valence-corrected chi connectivity index (χ2v) is 5.27. The number of benzene rings is 1. The zero-order chi connectivity index (χ0) is 12.6. The predicted octanol–water partition coefficient (Wildman–Crippen LogP) is 2.63. The van der Waals surface area contributed by atoms with Crippen molar-refractivity contribution in [1.82, 2.24) is 5.32 Å². The Bertz CT molecular complexity index is 464. The summed E-state index contributed by atoms with van der Waals surface area (Å²) in [6.45, 7) is 2.10. The summed E-state index contributed by atoms with van der Waals surface area (Å²) in [4.78, 5) is 10.9. The molecule has 0 aliphatic carbocycles. The van der Waals surface area contributed by atoms with E-state index in [1.807, 2.05) is 0 Å². The van der Waals surface area contributed by atoms with Gasteiger partial charge < -0.3 is 10.4 Å². The van der Waals surface area contributed by atoms with Gasteiger partial charge in [-0.3, -0.25) is 4.79 Å². The zero-order valence-electron chi connectivity index (χ0n) is 9.34. The first-order valence-corrected chi connectivity index (χ1v) is 6.20. The van der Waals surface area contributed by atoms with Crippen molar-refractivity contribution in [2.75, 3.05) is 6.54 Å². The van der Waals surface area contributed by atoms with Crippen molar-refractivity contribution >= 4 is 21.9 Å². The van der Waals surface area contributed by atoms with Gasteiger partial charge in [0.2, 0.25) is 0 Å². The summed E-state index contributed by atoms with van der Waals surface area (Å²) in [5, 5.41) is 12.0. The molecule has 0 saturated carbocycles. The van der Waals surface area contributed by atoms with E-state index in [9.17, 15) is 9.18 Å². The van der Waals surface area contributed by atoms with Crippen LogP contribution in [0.25, 0.3) is 0 Å². The molecule has 92 valence electrons. The molecule has 3 nitrogen and oxygen atoms in total. The SMILES string of the molecule is Cc1cc(Br)cc(C2CC(C(=O)O)CN2)c1F. The van der Waals surface area contributed by atoms with E-state index in [0.717, 1.165) is 4.47 Å². The first-order chi connectivity index (χ1) is 7.99. The van der Waals surface area contributed by atoms with E-state index < -0.39 is 11.9 Å². The van der Waals surface area contributed by atoms with Crippen molar-refractivity contribution in [2.24, 2.45) is 5.92 Å². The molecule has 1 aromatic carbocycles. The molecular formula is C12H13BrFNO2. The highest BCUT2D eigenvalue weighted by Crippen LogP contribution is 2.32. The number of aryl methyl sites for hydroxylation is 1. The summed E-state index contributed by atoms with van der Waals surface area (Å²) in [5.41, 5.74) is 1.11. The van der Waals surface area contributed by atoms with E-state index in [4.69, 9.17) is 5.11 Å². The minimum Gasteiger partial charge on any atom is -0.481 e. The number of aliphatic carboxylic acids is 1. The molecule has 5 heteroatoms. The number of hydrogen-bond acceptors (Lipinski definition) is 2. The lowest BCUT2D eigenvalue weighted by atomic mass is 9.98. The molecule has 17 heavy (non-hydrogen) atoms. The Morgan fingerprint density at radius 1 is 1.59 bits per heavy atom. The van der Waals surface area contributed by atoms with Crippen LogP contribution in [0.3, 0.4) is 0 Å². The summed E-state index contributed by atoms with van der Waals surface area (Å²) in [5.74, 6) is -1.51. The molecule has 0 radical (unpaired) electrons. The number of carboxylic acids is 1. The fraction of sp³-hybridized carbons (Fsp3) is 0.417. The van der Waals surface area contributed by atoms with E-state index in [-0.39, 0.29) is 11.9 Å². The molecule has 1 aliphatic rings. The van der Waals surface area contributed by atoms with E-state index in [1.54, 1.807) is 19.1 Å². The van der Waals surface area contributed by atoms with E-state index >= 15 is 0 Å². The van der Waals surface area contributed by atoms with Gasteiger partial charge in [0, 0.05) is 22.6 Å². The first kappa shape index (κ1) is 12.5. The molecule has 1 saturated heterocycles. The van der Waals surface area contributed by atoms with E-state index in [1.165, 1.54) is 0 Å². The van der Waals surface area contributed by atoms with Crippen LogP contribution in [0.2, 0.25) is 0 Å². The van der Waals surface area contributed by atoms with Gasteiger partial charge in [-0.25, -0.2) is 4.39 Å². The Balaban J connectivity index is 2.27. The van der Waals surface area contributed by atoms with Gasteiger partial charge in [0.15, 0.2) is 0 Å². The molecule has 1 aromatic rings. The van der Waals surface area contributed by atoms with Crippen LogP contribution in [-0.2, 0) is 4.79 Å². The minimum absolute atomic E-state index is 0.215.